The number of ether oxygens (including phenoxy) is 1. The number of hydrogen-bond acceptors (Lipinski definition) is 5. The molecule has 0 spiro atoms. The summed E-state index contributed by atoms with van der Waals surface area (Å²) in [7, 11) is -2.29. The summed E-state index contributed by atoms with van der Waals surface area (Å²) in [4.78, 5) is 17.0. The number of fused-ring (bicyclic) bond motifs is 1. The fourth-order valence-electron chi connectivity index (χ4n) is 4.05. The van der Waals surface area contributed by atoms with Gasteiger partial charge in [-0.3, -0.25) is 4.57 Å². The fraction of sp³-hybridized carbons (Fsp3) is 0.259. The van der Waals surface area contributed by atoms with E-state index in [4.69, 9.17) is 21.3 Å². The van der Waals surface area contributed by atoms with Gasteiger partial charge in [0, 0.05) is 30.8 Å². The summed E-state index contributed by atoms with van der Waals surface area (Å²) in [5.74, 6) is 0.918. The molecule has 3 aromatic carbocycles. The van der Waals surface area contributed by atoms with Crippen molar-refractivity contribution in [1.29, 1.82) is 0 Å². The van der Waals surface area contributed by atoms with Gasteiger partial charge in [0.1, 0.15) is 5.82 Å². The molecule has 1 aromatic heterocycles. The number of aromatic nitrogens is 2. The van der Waals surface area contributed by atoms with Crippen LogP contribution in [0.25, 0.3) is 16.7 Å². The number of nitrogens with zero attached hydrogens (tertiary/aromatic N) is 2. The van der Waals surface area contributed by atoms with Gasteiger partial charge in [-0.15, -0.1) is 0 Å². The van der Waals surface area contributed by atoms with Crippen LogP contribution >= 0.6 is 11.6 Å². The molecule has 0 saturated carbocycles. The quantitative estimate of drug-likeness (QED) is 0.313. The van der Waals surface area contributed by atoms with Gasteiger partial charge >= 0.3 is 6.03 Å². The zero-order chi connectivity index (χ0) is 26.6. The Morgan fingerprint density at radius 1 is 1.08 bits per heavy atom. The minimum absolute atomic E-state index is 0.0403. The minimum Gasteiger partial charge on any atom is -0.380 e. The molecule has 0 atom stereocenters. The molecule has 0 saturated heterocycles. The molecule has 0 unspecified atom stereocenters. The Labute approximate surface area is 221 Å². The standard InChI is InChI=1S/C27H29ClN4O4S/c1-4-26-30-24-15-20(17-36-3)23(28)16-25(24)32(26)21-9-7-19(8-10-21)13-14-29-27(33)31-37(34,35)22-11-5-18(2)6-12-22/h5-12,15-16H,4,13-14,17H2,1-3H3,(H2,29,31,33). The number of carbonyl (C=O) groups is 1. The molecule has 0 aliphatic heterocycles. The van der Waals surface area contributed by atoms with Gasteiger partial charge in [0.25, 0.3) is 10.0 Å². The van der Waals surface area contributed by atoms with E-state index in [9.17, 15) is 13.2 Å². The zero-order valence-electron chi connectivity index (χ0n) is 20.9. The van der Waals surface area contributed by atoms with E-state index in [0.29, 0.717) is 18.1 Å². The summed E-state index contributed by atoms with van der Waals surface area (Å²) < 4.78 is 34.1. The van der Waals surface area contributed by atoms with Crippen molar-refractivity contribution in [3.05, 3.63) is 88.2 Å². The Bertz CT molecular complexity index is 1520. The SMILES string of the molecule is CCc1nc2cc(COC)c(Cl)cc2n1-c1ccc(CCNC(=O)NS(=O)(=O)c2ccc(C)cc2)cc1. The number of sulfonamides is 1. The highest BCUT2D eigenvalue weighted by atomic mass is 35.5. The predicted molar refractivity (Wildman–Crippen MR) is 145 cm³/mol. The molecule has 10 heteroatoms. The molecule has 2 N–H and O–H groups in total. The van der Waals surface area contributed by atoms with Gasteiger partial charge in [0.2, 0.25) is 0 Å². The first-order valence-corrected chi connectivity index (χ1v) is 13.7. The highest BCUT2D eigenvalue weighted by molar-refractivity contribution is 7.90. The average molecular weight is 541 g/mol. The molecule has 4 rings (SSSR count). The molecule has 0 aliphatic carbocycles. The maximum absolute atomic E-state index is 12.4. The molecule has 0 fully saturated rings. The minimum atomic E-state index is -3.92. The number of rotatable bonds is 9. The third kappa shape index (κ3) is 6.12. The lowest BCUT2D eigenvalue weighted by Crippen LogP contribution is -2.40. The second kappa shape index (κ2) is 11.3. The molecule has 0 bridgehead atoms. The van der Waals surface area contributed by atoms with Crippen molar-refractivity contribution in [1.82, 2.24) is 19.6 Å². The maximum atomic E-state index is 12.4. The molecular weight excluding hydrogens is 512 g/mol. The third-order valence-corrected chi connectivity index (χ3v) is 7.66. The largest absolute Gasteiger partial charge is 0.380 e. The van der Waals surface area contributed by atoms with Crippen LogP contribution in [0.5, 0.6) is 0 Å². The van der Waals surface area contributed by atoms with Crippen molar-refractivity contribution in [3.8, 4) is 5.69 Å². The van der Waals surface area contributed by atoms with Gasteiger partial charge < -0.3 is 10.1 Å². The van der Waals surface area contributed by atoms with Gasteiger partial charge in [0.15, 0.2) is 0 Å². The smallest absolute Gasteiger partial charge is 0.328 e. The molecule has 0 aliphatic rings. The average Bonchev–Trinajstić information content (AvgIpc) is 3.22. The molecule has 37 heavy (non-hydrogen) atoms. The molecule has 2 amide bonds. The van der Waals surface area contributed by atoms with Crippen molar-refractivity contribution in [2.75, 3.05) is 13.7 Å². The van der Waals surface area contributed by atoms with Crippen LogP contribution in [-0.2, 0) is 34.2 Å². The van der Waals surface area contributed by atoms with Crippen molar-refractivity contribution >= 4 is 38.7 Å². The van der Waals surface area contributed by atoms with E-state index < -0.39 is 16.1 Å². The Kier molecular flexibility index (Phi) is 8.16. The van der Waals surface area contributed by atoms with E-state index in [-0.39, 0.29) is 11.4 Å². The van der Waals surface area contributed by atoms with Crippen LogP contribution in [0.2, 0.25) is 5.02 Å². The lowest BCUT2D eigenvalue weighted by Gasteiger charge is -2.11. The highest BCUT2D eigenvalue weighted by Crippen LogP contribution is 2.28. The lowest BCUT2D eigenvalue weighted by atomic mass is 10.1. The topological polar surface area (TPSA) is 102 Å². The first-order valence-electron chi connectivity index (χ1n) is 11.9. The summed E-state index contributed by atoms with van der Waals surface area (Å²) in [5, 5.41) is 3.23. The number of urea groups is 1. The normalized spacial score (nSPS) is 11.6. The highest BCUT2D eigenvalue weighted by Gasteiger charge is 2.17. The number of aryl methyl sites for hydroxylation is 2. The first kappa shape index (κ1) is 26.7. The van der Waals surface area contributed by atoms with Crippen LogP contribution in [0.3, 0.4) is 0 Å². The van der Waals surface area contributed by atoms with Crippen LogP contribution in [0.1, 0.15) is 29.4 Å². The van der Waals surface area contributed by atoms with Gasteiger partial charge in [0.05, 0.1) is 22.5 Å². The summed E-state index contributed by atoms with van der Waals surface area (Å²) in [5.41, 5.74) is 5.54. The molecule has 8 nitrogen and oxygen atoms in total. The second-order valence-electron chi connectivity index (χ2n) is 8.67. The van der Waals surface area contributed by atoms with E-state index >= 15 is 0 Å². The van der Waals surface area contributed by atoms with Gasteiger partial charge in [-0.25, -0.2) is 22.9 Å². The summed E-state index contributed by atoms with van der Waals surface area (Å²) >= 11 is 6.48. The molecule has 4 aromatic rings. The molecular formula is C27H29ClN4O4S. The Hall–Kier alpha value is -3.40. The van der Waals surface area contributed by atoms with E-state index in [1.54, 1.807) is 19.2 Å². The monoisotopic (exact) mass is 540 g/mol. The Morgan fingerprint density at radius 3 is 2.43 bits per heavy atom. The first-order chi connectivity index (χ1) is 17.7. The maximum Gasteiger partial charge on any atom is 0.328 e. The number of imidazole rings is 1. The van der Waals surface area contributed by atoms with Gasteiger partial charge in [-0.1, -0.05) is 48.4 Å². The van der Waals surface area contributed by atoms with E-state index in [2.05, 4.69) is 16.8 Å². The molecule has 1 heterocycles. The van der Waals surface area contributed by atoms with Crippen LogP contribution < -0.4 is 10.0 Å². The van der Waals surface area contributed by atoms with Crippen molar-refractivity contribution < 1.29 is 17.9 Å². The van der Waals surface area contributed by atoms with Crippen LogP contribution in [-0.4, -0.2) is 37.7 Å². The molecule has 194 valence electrons. The van der Waals surface area contributed by atoms with Crippen molar-refractivity contribution in [2.24, 2.45) is 0 Å². The number of halogens is 1. The van der Waals surface area contributed by atoms with Crippen LogP contribution in [0.15, 0.2) is 65.6 Å². The van der Waals surface area contributed by atoms with Crippen molar-refractivity contribution in [3.63, 3.8) is 0 Å². The Morgan fingerprint density at radius 2 is 1.78 bits per heavy atom. The van der Waals surface area contributed by atoms with Gasteiger partial charge in [-0.2, -0.15) is 0 Å². The number of nitrogens with one attached hydrogen (secondary N) is 2. The second-order valence-corrected chi connectivity index (χ2v) is 10.8. The van der Waals surface area contributed by atoms with E-state index in [0.717, 1.165) is 45.7 Å². The van der Waals surface area contributed by atoms with Crippen molar-refractivity contribution in [2.45, 2.75) is 38.2 Å². The Balaban J connectivity index is 1.41. The summed E-state index contributed by atoms with van der Waals surface area (Å²) in [6.07, 6.45) is 1.29. The zero-order valence-corrected chi connectivity index (χ0v) is 22.5. The number of hydrogen-bond donors (Lipinski definition) is 2. The van der Waals surface area contributed by atoms with E-state index in [1.807, 2.05) is 48.0 Å². The summed E-state index contributed by atoms with van der Waals surface area (Å²) in [6, 6.07) is 17.3. The predicted octanol–water partition coefficient (Wildman–Crippen LogP) is 4.93. The summed E-state index contributed by atoms with van der Waals surface area (Å²) in [6.45, 7) is 4.61. The lowest BCUT2D eigenvalue weighted by molar-refractivity contribution is 0.185. The number of methoxy groups -OCH3 is 1. The third-order valence-electron chi connectivity index (χ3n) is 5.96. The number of amides is 2. The van der Waals surface area contributed by atoms with E-state index in [1.165, 1.54) is 12.1 Å². The molecule has 0 radical (unpaired) electrons. The van der Waals surface area contributed by atoms with Crippen LogP contribution in [0, 0.1) is 6.92 Å². The number of benzene rings is 3. The fourth-order valence-corrected chi connectivity index (χ4v) is 5.19. The van der Waals surface area contributed by atoms with Crippen LogP contribution in [0.4, 0.5) is 4.79 Å². The number of carbonyl (C=O) groups excluding carboxylic acids is 1. The van der Waals surface area contributed by atoms with Gasteiger partial charge in [-0.05, 0) is 60.9 Å².